The molecule has 1 fully saturated rings. The fraction of sp³-hybridized carbons (Fsp3) is 0.474. The Kier molecular flexibility index (Phi) is 6.66. The Balaban J connectivity index is 1.64. The number of nitrogens with zero attached hydrogens (tertiary/aromatic N) is 3. The van der Waals surface area contributed by atoms with E-state index in [4.69, 9.17) is 0 Å². The maximum Gasteiger partial charge on any atom is 0.433 e. The lowest BCUT2D eigenvalue weighted by atomic mass is 10.1. The number of aromatic nitrogens is 2. The summed E-state index contributed by atoms with van der Waals surface area (Å²) in [4.78, 5) is 10.0. The molecule has 0 radical (unpaired) electrons. The number of hydrogen-bond donors (Lipinski definition) is 2. The molecule has 1 saturated heterocycles. The molecule has 2 N–H and O–H groups in total. The fourth-order valence-electron chi connectivity index (χ4n) is 3.07. The van der Waals surface area contributed by atoms with Crippen LogP contribution in [0.5, 0.6) is 0 Å². The second-order valence-corrected chi connectivity index (χ2v) is 6.77. The molecule has 3 rings (SSSR count). The average molecular weight is 397 g/mol. The Hall–Kier alpha value is -2.42. The Bertz CT molecular complexity index is 758. The van der Waals surface area contributed by atoms with E-state index in [1.807, 2.05) is 0 Å². The summed E-state index contributed by atoms with van der Waals surface area (Å²) in [6.45, 7) is 3.45. The van der Waals surface area contributed by atoms with Gasteiger partial charge in [0.2, 0.25) is 5.95 Å². The molecule has 1 aliphatic rings. The summed E-state index contributed by atoms with van der Waals surface area (Å²) in [6, 6.07) is 6.59. The molecule has 0 bridgehead atoms. The van der Waals surface area contributed by atoms with Crippen molar-refractivity contribution in [2.75, 3.05) is 36.8 Å². The van der Waals surface area contributed by atoms with E-state index in [0.717, 1.165) is 44.1 Å². The van der Waals surface area contributed by atoms with E-state index in [-0.39, 0.29) is 24.1 Å². The largest absolute Gasteiger partial charge is 0.433 e. The average Bonchev–Trinajstić information content (AvgIpc) is 2.68. The van der Waals surface area contributed by atoms with Gasteiger partial charge >= 0.3 is 6.18 Å². The standard InChI is InChI=1S/C19H23F4N5/c20-15-6-4-14(5-7-15)13-25-17-12-16(19(21,22)23)26-18(27-17)24-8-11-28-9-2-1-3-10-28/h4-7,12H,1-3,8-11,13H2,(H2,24,25,26,27). The molecule has 0 amide bonds. The number of benzene rings is 1. The van der Waals surface area contributed by atoms with Gasteiger partial charge in [0.05, 0.1) is 0 Å². The predicted molar refractivity (Wildman–Crippen MR) is 99.5 cm³/mol. The number of nitrogens with one attached hydrogen (secondary N) is 2. The lowest BCUT2D eigenvalue weighted by molar-refractivity contribution is -0.141. The molecular formula is C19H23F4N5. The van der Waals surface area contributed by atoms with Crippen LogP contribution in [0.25, 0.3) is 0 Å². The van der Waals surface area contributed by atoms with Crippen LogP contribution in [0.2, 0.25) is 0 Å². The van der Waals surface area contributed by atoms with Crippen molar-refractivity contribution in [3.63, 3.8) is 0 Å². The van der Waals surface area contributed by atoms with Crippen LogP contribution in [-0.4, -0.2) is 41.0 Å². The summed E-state index contributed by atoms with van der Waals surface area (Å²) in [5.74, 6) is -0.370. The van der Waals surface area contributed by atoms with Gasteiger partial charge in [-0.2, -0.15) is 18.2 Å². The zero-order valence-electron chi connectivity index (χ0n) is 15.4. The van der Waals surface area contributed by atoms with Crippen molar-refractivity contribution < 1.29 is 17.6 Å². The Morgan fingerprint density at radius 2 is 1.68 bits per heavy atom. The smallest absolute Gasteiger partial charge is 0.366 e. The summed E-state index contributed by atoms with van der Waals surface area (Å²) in [5.41, 5.74) is -0.280. The normalized spacial score (nSPS) is 15.4. The molecule has 1 aromatic heterocycles. The van der Waals surface area contributed by atoms with Gasteiger partial charge in [0.1, 0.15) is 11.6 Å². The number of likely N-dealkylation sites (tertiary alicyclic amines) is 1. The number of alkyl halides is 3. The van der Waals surface area contributed by atoms with Crippen LogP contribution in [0.4, 0.5) is 29.3 Å². The Labute approximate surface area is 161 Å². The minimum Gasteiger partial charge on any atom is -0.366 e. The second kappa shape index (κ2) is 9.18. The molecule has 0 unspecified atom stereocenters. The van der Waals surface area contributed by atoms with E-state index in [0.29, 0.717) is 6.54 Å². The van der Waals surface area contributed by atoms with Crippen LogP contribution in [0.3, 0.4) is 0 Å². The highest BCUT2D eigenvalue weighted by molar-refractivity contribution is 5.43. The molecule has 2 heterocycles. The summed E-state index contributed by atoms with van der Waals surface area (Å²) in [5, 5.41) is 5.75. The molecule has 28 heavy (non-hydrogen) atoms. The zero-order chi connectivity index (χ0) is 20.0. The predicted octanol–water partition coefficient (Wildman–Crippen LogP) is 4.14. The van der Waals surface area contributed by atoms with Gasteiger partial charge in [0, 0.05) is 25.7 Å². The van der Waals surface area contributed by atoms with E-state index < -0.39 is 11.9 Å². The highest BCUT2D eigenvalue weighted by atomic mass is 19.4. The van der Waals surface area contributed by atoms with Gasteiger partial charge in [-0.1, -0.05) is 18.6 Å². The monoisotopic (exact) mass is 397 g/mol. The third-order valence-electron chi connectivity index (χ3n) is 4.56. The first-order chi connectivity index (χ1) is 13.4. The summed E-state index contributed by atoms with van der Waals surface area (Å²) in [7, 11) is 0. The van der Waals surface area contributed by atoms with Gasteiger partial charge in [0.25, 0.3) is 0 Å². The van der Waals surface area contributed by atoms with E-state index in [9.17, 15) is 17.6 Å². The van der Waals surface area contributed by atoms with E-state index in [2.05, 4.69) is 25.5 Å². The van der Waals surface area contributed by atoms with Gasteiger partial charge in [-0.05, 0) is 43.6 Å². The Morgan fingerprint density at radius 3 is 2.36 bits per heavy atom. The molecule has 0 aliphatic carbocycles. The van der Waals surface area contributed by atoms with Crippen molar-refractivity contribution in [3.8, 4) is 0 Å². The molecular weight excluding hydrogens is 374 g/mol. The van der Waals surface area contributed by atoms with Crippen LogP contribution in [-0.2, 0) is 12.7 Å². The fourth-order valence-corrected chi connectivity index (χ4v) is 3.07. The molecule has 1 aromatic carbocycles. The van der Waals surface area contributed by atoms with Crippen LogP contribution < -0.4 is 10.6 Å². The first-order valence-electron chi connectivity index (χ1n) is 9.31. The molecule has 9 heteroatoms. The molecule has 152 valence electrons. The topological polar surface area (TPSA) is 53.1 Å². The third kappa shape index (κ3) is 6.05. The second-order valence-electron chi connectivity index (χ2n) is 6.77. The van der Waals surface area contributed by atoms with Gasteiger partial charge in [-0.15, -0.1) is 0 Å². The van der Waals surface area contributed by atoms with Crippen molar-refractivity contribution >= 4 is 11.8 Å². The molecule has 0 saturated carbocycles. The zero-order valence-corrected chi connectivity index (χ0v) is 15.4. The number of halogens is 4. The number of rotatable bonds is 7. The minimum atomic E-state index is -4.57. The van der Waals surface area contributed by atoms with Gasteiger partial charge in [-0.3, -0.25) is 0 Å². The summed E-state index contributed by atoms with van der Waals surface area (Å²) in [6.07, 6.45) is -1.04. The number of anilines is 2. The van der Waals surface area contributed by atoms with E-state index >= 15 is 0 Å². The van der Waals surface area contributed by atoms with Crippen molar-refractivity contribution in [2.45, 2.75) is 32.0 Å². The Morgan fingerprint density at radius 1 is 0.964 bits per heavy atom. The lowest BCUT2D eigenvalue weighted by Crippen LogP contribution is -2.34. The molecule has 2 aromatic rings. The minimum absolute atomic E-state index is 0.0616. The maximum absolute atomic E-state index is 13.2. The van der Waals surface area contributed by atoms with Crippen molar-refractivity contribution in [3.05, 3.63) is 47.4 Å². The van der Waals surface area contributed by atoms with Crippen LogP contribution in [0.1, 0.15) is 30.5 Å². The molecule has 0 atom stereocenters. The third-order valence-corrected chi connectivity index (χ3v) is 4.56. The van der Waals surface area contributed by atoms with E-state index in [1.165, 1.54) is 18.6 Å². The number of piperidine rings is 1. The van der Waals surface area contributed by atoms with Gasteiger partial charge in [0.15, 0.2) is 5.69 Å². The van der Waals surface area contributed by atoms with E-state index in [1.54, 1.807) is 12.1 Å². The van der Waals surface area contributed by atoms with Crippen LogP contribution in [0.15, 0.2) is 30.3 Å². The molecule has 1 aliphatic heterocycles. The maximum atomic E-state index is 13.2. The van der Waals surface area contributed by atoms with Crippen molar-refractivity contribution in [1.29, 1.82) is 0 Å². The van der Waals surface area contributed by atoms with Gasteiger partial charge < -0.3 is 15.5 Å². The van der Waals surface area contributed by atoms with Crippen LogP contribution in [0, 0.1) is 5.82 Å². The summed E-state index contributed by atoms with van der Waals surface area (Å²) >= 11 is 0. The lowest BCUT2D eigenvalue weighted by Gasteiger charge is -2.26. The van der Waals surface area contributed by atoms with Gasteiger partial charge in [-0.25, -0.2) is 9.37 Å². The SMILES string of the molecule is Fc1ccc(CNc2cc(C(F)(F)F)nc(NCCN3CCCCC3)n2)cc1. The molecule has 0 spiro atoms. The first kappa shape index (κ1) is 20.3. The highest BCUT2D eigenvalue weighted by Gasteiger charge is 2.33. The van der Waals surface area contributed by atoms with Crippen LogP contribution >= 0.6 is 0 Å². The van der Waals surface area contributed by atoms with Crippen molar-refractivity contribution in [2.24, 2.45) is 0 Å². The molecule has 5 nitrogen and oxygen atoms in total. The quantitative estimate of drug-likeness (QED) is 0.688. The highest BCUT2D eigenvalue weighted by Crippen LogP contribution is 2.29. The summed E-state index contributed by atoms with van der Waals surface area (Å²) < 4.78 is 52.5. The van der Waals surface area contributed by atoms with Crippen molar-refractivity contribution in [1.82, 2.24) is 14.9 Å². The first-order valence-corrected chi connectivity index (χ1v) is 9.31. The number of hydrogen-bond acceptors (Lipinski definition) is 5.